The van der Waals surface area contributed by atoms with Gasteiger partial charge in [-0.1, -0.05) is 30.3 Å². The van der Waals surface area contributed by atoms with Crippen LogP contribution in [0.15, 0.2) is 30.3 Å². The van der Waals surface area contributed by atoms with Crippen LogP contribution in [-0.2, 0) is 25.4 Å². The van der Waals surface area contributed by atoms with E-state index in [4.69, 9.17) is 14.2 Å². The second-order valence-electron chi connectivity index (χ2n) is 8.06. The zero-order valence-electron chi connectivity index (χ0n) is 17.1. The lowest BCUT2D eigenvalue weighted by molar-refractivity contribution is -0.146. The molecule has 1 aromatic carbocycles. The highest BCUT2D eigenvalue weighted by Gasteiger charge is 2.40. The summed E-state index contributed by atoms with van der Waals surface area (Å²) < 4.78 is 15.5. The average Bonchev–Trinajstić information content (AvgIpc) is 2.51. The zero-order chi connectivity index (χ0) is 20.8. The first-order valence-corrected chi connectivity index (χ1v) is 8.71. The van der Waals surface area contributed by atoms with Gasteiger partial charge in [0.25, 0.3) is 0 Å². The van der Waals surface area contributed by atoms with E-state index in [-0.39, 0.29) is 6.42 Å². The van der Waals surface area contributed by atoms with Gasteiger partial charge in [-0.2, -0.15) is 4.90 Å². The van der Waals surface area contributed by atoms with Crippen molar-refractivity contribution in [2.24, 2.45) is 0 Å². The van der Waals surface area contributed by atoms with Crippen LogP contribution in [0.4, 0.5) is 9.59 Å². The van der Waals surface area contributed by atoms with Crippen molar-refractivity contribution in [2.75, 3.05) is 7.11 Å². The number of carbonyl (C=O) groups is 3. The molecular formula is C20H29NO6. The van der Waals surface area contributed by atoms with E-state index in [1.165, 1.54) is 7.11 Å². The van der Waals surface area contributed by atoms with E-state index >= 15 is 0 Å². The first-order chi connectivity index (χ1) is 12.3. The van der Waals surface area contributed by atoms with Crippen LogP contribution in [-0.4, -0.2) is 47.4 Å². The summed E-state index contributed by atoms with van der Waals surface area (Å²) in [6, 6.07) is 7.79. The summed E-state index contributed by atoms with van der Waals surface area (Å²) in [4.78, 5) is 38.6. The van der Waals surface area contributed by atoms with Crippen LogP contribution in [0.2, 0.25) is 0 Å². The zero-order valence-corrected chi connectivity index (χ0v) is 17.1. The molecule has 0 radical (unpaired) electrons. The third kappa shape index (κ3) is 7.68. The predicted molar refractivity (Wildman–Crippen MR) is 100 cm³/mol. The molecule has 0 fully saturated rings. The van der Waals surface area contributed by atoms with Crippen molar-refractivity contribution in [1.29, 1.82) is 0 Å². The van der Waals surface area contributed by atoms with Crippen molar-refractivity contribution >= 4 is 18.2 Å². The standard InChI is InChI=1S/C20H29NO6/c1-19(2,3)26-17(23)21(18(24)27-20(4,5)6)15(16(22)25-7)13-14-11-9-8-10-12-14/h8-12,15H,13H2,1-7H3/t15-/m0/s1. The molecule has 2 amide bonds. The first-order valence-electron chi connectivity index (χ1n) is 8.71. The highest BCUT2D eigenvalue weighted by Crippen LogP contribution is 2.20. The second kappa shape index (κ2) is 8.88. The summed E-state index contributed by atoms with van der Waals surface area (Å²) in [6.45, 7) is 10.0. The van der Waals surface area contributed by atoms with Crippen molar-refractivity contribution in [3.8, 4) is 0 Å². The summed E-state index contributed by atoms with van der Waals surface area (Å²) >= 11 is 0. The Kier molecular flexibility index (Phi) is 7.39. The van der Waals surface area contributed by atoms with Crippen LogP contribution in [0.1, 0.15) is 47.1 Å². The molecule has 1 aromatic rings. The summed E-state index contributed by atoms with van der Waals surface area (Å²) in [5, 5.41) is 0. The predicted octanol–water partition coefficient (Wildman–Crippen LogP) is 3.94. The number of hydrogen-bond donors (Lipinski definition) is 0. The monoisotopic (exact) mass is 379 g/mol. The van der Waals surface area contributed by atoms with Gasteiger partial charge in [-0.05, 0) is 47.1 Å². The lowest BCUT2D eigenvalue weighted by Gasteiger charge is -2.32. The van der Waals surface area contributed by atoms with Crippen LogP contribution in [0.3, 0.4) is 0 Å². The minimum absolute atomic E-state index is 0.0754. The first kappa shape index (κ1) is 22.5. The van der Waals surface area contributed by atoms with Gasteiger partial charge >= 0.3 is 18.2 Å². The fourth-order valence-corrected chi connectivity index (χ4v) is 2.20. The molecule has 0 N–H and O–H groups in total. The number of imide groups is 1. The highest BCUT2D eigenvalue weighted by atomic mass is 16.6. The van der Waals surface area contributed by atoms with Gasteiger partial charge < -0.3 is 14.2 Å². The van der Waals surface area contributed by atoms with Crippen LogP contribution in [0, 0.1) is 0 Å². The Balaban J connectivity index is 3.29. The average molecular weight is 379 g/mol. The van der Waals surface area contributed by atoms with Crippen LogP contribution in [0.5, 0.6) is 0 Å². The van der Waals surface area contributed by atoms with Crippen molar-refractivity contribution in [3.63, 3.8) is 0 Å². The molecule has 0 unspecified atom stereocenters. The van der Waals surface area contributed by atoms with E-state index in [0.29, 0.717) is 4.90 Å². The van der Waals surface area contributed by atoms with Gasteiger partial charge in [0, 0.05) is 6.42 Å². The smallest absolute Gasteiger partial charge is 0.420 e. The normalized spacial score (nSPS) is 12.7. The maximum atomic E-state index is 12.7. The van der Waals surface area contributed by atoms with E-state index < -0.39 is 35.4 Å². The Labute approximate surface area is 160 Å². The molecular weight excluding hydrogens is 350 g/mol. The molecule has 0 aliphatic rings. The van der Waals surface area contributed by atoms with Gasteiger partial charge in [-0.15, -0.1) is 0 Å². The molecule has 1 rings (SSSR count). The number of ether oxygens (including phenoxy) is 3. The van der Waals surface area contributed by atoms with Crippen LogP contribution in [0.25, 0.3) is 0 Å². The summed E-state index contributed by atoms with van der Waals surface area (Å²) in [6.07, 6.45) is -1.86. The van der Waals surface area contributed by atoms with E-state index in [1.807, 2.05) is 6.07 Å². The molecule has 7 nitrogen and oxygen atoms in total. The Morgan fingerprint density at radius 3 is 1.70 bits per heavy atom. The van der Waals surface area contributed by atoms with E-state index in [0.717, 1.165) is 5.56 Å². The molecule has 0 heterocycles. The quantitative estimate of drug-likeness (QED) is 0.582. The third-order valence-corrected chi connectivity index (χ3v) is 3.24. The van der Waals surface area contributed by atoms with Crippen LogP contribution >= 0.6 is 0 Å². The topological polar surface area (TPSA) is 82.1 Å². The largest absolute Gasteiger partial charge is 0.467 e. The number of hydrogen-bond acceptors (Lipinski definition) is 6. The number of carbonyl (C=O) groups excluding carboxylic acids is 3. The maximum absolute atomic E-state index is 12.7. The minimum Gasteiger partial charge on any atom is -0.467 e. The van der Waals surface area contributed by atoms with Crippen LogP contribution < -0.4 is 0 Å². The van der Waals surface area contributed by atoms with Gasteiger partial charge in [0.15, 0.2) is 0 Å². The van der Waals surface area contributed by atoms with Gasteiger partial charge in [0.2, 0.25) is 0 Å². The fourth-order valence-electron chi connectivity index (χ4n) is 2.20. The van der Waals surface area contributed by atoms with Gasteiger partial charge in [-0.3, -0.25) is 0 Å². The van der Waals surface area contributed by atoms with Gasteiger partial charge in [-0.25, -0.2) is 14.4 Å². The fraction of sp³-hybridized carbons (Fsp3) is 0.550. The lowest BCUT2D eigenvalue weighted by atomic mass is 10.1. The van der Waals surface area contributed by atoms with Gasteiger partial charge in [0.1, 0.15) is 17.2 Å². The van der Waals surface area contributed by atoms with E-state index in [9.17, 15) is 14.4 Å². The Morgan fingerprint density at radius 1 is 0.889 bits per heavy atom. The Bertz CT molecular complexity index is 629. The van der Waals surface area contributed by atoms with Crippen molar-refractivity contribution in [3.05, 3.63) is 35.9 Å². The maximum Gasteiger partial charge on any atom is 0.420 e. The second-order valence-corrected chi connectivity index (χ2v) is 8.06. The van der Waals surface area contributed by atoms with Crippen molar-refractivity contribution < 1.29 is 28.6 Å². The molecule has 0 bridgehead atoms. The molecule has 1 atom stereocenters. The summed E-state index contributed by atoms with van der Waals surface area (Å²) in [5.41, 5.74) is -0.958. The highest BCUT2D eigenvalue weighted by molar-refractivity contribution is 5.94. The molecule has 150 valence electrons. The SMILES string of the molecule is COC(=O)[C@H](Cc1ccccc1)N(C(=O)OC(C)(C)C)C(=O)OC(C)(C)C. The van der Waals surface area contributed by atoms with Crippen molar-refractivity contribution in [2.45, 2.75) is 65.2 Å². The van der Waals surface area contributed by atoms with Crippen molar-refractivity contribution in [1.82, 2.24) is 4.90 Å². The lowest BCUT2D eigenvalue weighted by Crippen LogP contribution is -2.53. The van der Waals surface area contributed by atoms with Gasteiger partial charge in [0.05, 0.1) is 7.11 Å². The molecule has 7 heteroatoms. The molecule has 0 aliphatic heterocycles. The minimum atomic E-state index is -1.22. The summed E-state index contributed by atoms with van der Waals surface area (Å²) in [7, 11) is 1.20. The Morgan fingerprint density at radius 2 is 1.33 bits per heavy atom. The number of rotatable bonds is 4. The Hall–Kier alpha value is -2.57. The number of benzene rings is 1. The van der Waals surface area contributed by atoms with E-state index in [1.54, 1.807) is 65.8 Å². The molecule has 0 spiro atoms. The summed E-state index contributed by atoms with van der Waals surface area (Å²) in [5.74, 6) is -0.740. The third-order valence-electron chi connectivity index (χ3n) is 3.24. The number of methoxy groups -OCH3 is 1. The van der Waals surface area contributed by atoms with E-state index in [2.05, 4.69) is 0 Å². The molecule has 0 aromatic heterocycles. The number of nitrogens with zero attached hydrogens (tertiary/aromatic N) is 1. The molecule has 0 aliphatic carbocycles. The molecule has 0 saturated carbocycles. The molecule has 0 saturated heterocycles. The molecule has 27 heavy (non-hydrogen) atoms. The number of esters is 1. The number of amides is 2.